The van der Waals surface area contributed by atoms with Gasteiger partial charge < -0.3 is 11.5 Å². The summed E-state index contributed by atoms with van der Waals surface area (Å²) in [5.41, 5.74) is 13.3. The van der Waals surface area contributed by atoms with Crippen LogP contribution in [0.3, 0.4) is 0 Å². The smallest absolute Gasteiger partial charge is 0.271 e. The molecule has 0 aliphatic rings. The van der Waals surface area contributed by atoms with Crippen molar-refractivity contribution in [2.75, 3.05) is 5.73 Å². The molecular formula is C8H7N5OS. The fraction of sp³-hybridized carbons (Fsp3) is 0. The molecule has 0 aliphatic carbocycles. The number of nitrogens with two attached hydrogens (primary N) is 2. The molecule has 2 aromatic rings. The van der Waals surface area contributed by atoms with Gasteiger partial charge in [-0.15, -0.1) is 11.3 Å². The Bertz CT molecular complexity index is 496. The molecule has 15 heavy (non-hydrogen) atoms. The molecule has 0 atom stereocenters. The van der Waals surface area contributed by atoms with Crippen LogP contribution in [0.15, 0.2) is 17.1 Å². The van der Waals surface area contributed by atoms with Crippen LogP contribution in [0, 0.1) is 0 Å². The van der Waals surface area contributed by atoms with E-state index in [4.69, 9.17) is 11.5 Å². The van der Waals surface area contributed by atoms with Gasteiger partial charge in [-0.2, -0.15) is 0 Å². The van der Waals surface area contributed by atoms with Crippen LogP contribution in [-0.4, -0.2) is 20.9 Å². The molecule has 7 heteroatoms. The largest absolute Gasteiger partial charge is 0.382 e. The Morgan fingerprint density at radius 1 is 1.33 bits per heavy atom. The molecule has 76 valence electrons. The van der Waals surface area contributed by atoms with Gasteiger partial charge in [0.1, 0.15) is 11.4 Å². The minimum absolute atomic E-state index is 0.0273. The number of amides is 1. The number of hydrogen-bond donors (Lipinski definition) is 2. The van der Waals surface area contributed by atoms with Crippen molar-refractivity contribution in [1.29, 1.82) is 0 Å². The number of nitrogens with zero attached hydrogens (tertiary/aromatic N) is 3. The van der Waals surface area contributed by atoms with Crippen molar-refractivity contribution in [3.8, 4) is 11.4 Å². The Balaban J connectivity index is 2.52. The highest BCUT2D eigenvalue weighted by molar-refractivity contribution is 7.07. The molecule has 0 unspecified atom stereocenters. The van der Waals surface area contributed by atoms with E-state index in [1.807, 2.05) is 0 Å². The third kappa shape index (κ3) is 1.77. The second-order valence-electron chi connectivity index (χ2n) is 2.73. The number of primary amides is 1. The monoisotopic (exact) mass is 221 g/mol. The van der Waals surface area contributed by atoms with E-state index < -0.39 is 5.91 Å². The van der Waals surface area contributed by atoms with Crippen molar-refractivity contribution in [2.24, 2.45) is 5.73 Å². The fourth-order valence-corrected chi connectivity index (χ4v) is 1.59. The summed E-state index contributed by atoms with van der Waals surface area (Å²) in [4.78, 5) is 22.8. The maximum absolute atomic E-state index is 11.0. The van der Waals surface area contributed by atoms with Crippen LogP contribution in [0.25, 0.3) is 11.4 Å². The zero-order valence-electron chi connectivity index (χ0n) is 7.54. The molecule has 0 bridgehead atoms. The second-order valence-corrected chi connectivity index (χ2v) is 3.45. The number of thiazole rings is 1. The van der Waals surface area contributed by atoms with Crippen molar-refractivity contribution < 1.29 is 4.79 Å². The van der Waals surface area contributed by atoms with Crippen molar-refractivity contribution in [3.05, 3.63) is 22.8 Å². The first-order chi connectivity index (χ1) is 7.18. The van der Waals surface area contributed by atoms with Crippen molar-refractivity contribution >= 4 is 23.1 Å². The summed E-state index contributed by atoms with van der Waals surface area (Å²) in [6.45, 7) is 0. The summed E-state index contributed by atoms with van der Waals surface area (Å²) >= 11 is 1.43. The Labute approximate surface area is 89.0 Å². The zero-order valence-corrected chi connectivity index (χ0v) is 8.36. The van der Waals surface area contributed by atoms with E-state index in [1.165, 1.54) is 17.5 Å². The van der Waals surface area contributed by atoms with Gasteiger partial charge in [0.2, 0.25) is 0 Å². The quantitative estimate of drug-likeness (QED) is 0.757. The van der Waals surface area contributed by atoms with Crippen molar-refractivity contribution in [3.63, 3.8) is 0 Å². The number of carbonyl (C=O) groups excluding carboxylic acids is 1. The molecule has 0 radical (unpaired) electrons. The van der Waals surface area contributed by atoms with E-state index >= 15 is 0 Å². The van der Waals surface area contributed by atoms with Gasteiger partial charge in [-0.3, -0.25) is 4.79 Å². The fourth-order valence-electron chi connectivity index (χ4n) is 1.04. The van der Waals surface area contributed by atoms with Gasteiger partial charge in [0.05, 0.1) is 11.7 Å². The van der Waals surface area contributed by atoms with Gasteiger partial charge in [-0.05, 0) is 0 Å². The summed E-state index contributed by atoms with van der Waals surface area (Å²) in [6.07, 6.45) is 1.46. The maximum atomic E-state index is 11.0. The summed E-state index contributed by atoms with van der Waals surface area (Å²) < 4.78 is 0. The molecule has 2 heterocycles. The molecule has 0 aromatic carbocycles. The van der Waals surface area contributed by atoms with Gasteiger partial charge in [0.25, 0.3) is 5.91 Å². The second kappa shape index (κ2) is 3.62. The van der Waals surface area contributed by atoms with Crippen LogP contribution >= 0.6 is 11.3 Å². The van der Waals surface area contributed by atoms with Crippen LogP contribution in [0.2, 0.25) is 0 Å². The van der Waals surface area contributed by atoms with Crippen LogP contribution < -0.4 is 11.5 Å². The average molecular weight is 221 g/mol. The predicted molar refractivity (Wildman–Crippen MR) is 56.1 cm³/mol. The van der Waals surface area contributed by atoms with Gasteiger partial charge in [-0.25, -0.2) is 15.0 Å². The SMILES string of the molecule is NC(=O)c1nc(-c2cscn2)cnc1N. The van der Waals surface area contributed by atoms with Gasteiger partial charge >= 0.3 is 0 Å². The number of nitrogen functional groups attached to an aromatic ring is 1. The topological polar surface area (TPSA) is 108 Å². The first kappa shape index (κ1) is 9.53. The Morgan fingerprint density at radius 3 is 2.73 bits per heavy atom. The number of hydrogen-bond acceptors (Lipinski definition) is 6. The predicted octanol–water partition coefficient (Wildman–Crippen LogP) is 0.281. The van der Waals surface area contributed by atoms with E-state index in [-0.39, 0.29) is 11.5 Å². The molecular weight excluding hydrogens is 214 g/mol. The average Bonchev–Trinajstić information content (AvgIpc) is 2.71. The number of anilines is 1. The molecule has 0 spiro atoms. The van der Waals surface area contributed by atoms with Crippen LogP contribution in [-0.2, 0) is 0 Å². The van der Waals surface area contributed by atoms with Crippen molar-refractivity contribution in [1.82, 2.24) is 15.0 Å². The molecule has 6 nitrogen and oxygen atoms in total. The highest BCUT2D eigenvalue weighted by Crippen LogP contribution is 2.17. The highest BCUT2D eigenvalue weighted by Gasteiger charge is 2.11. The first-order valence-corrected chi connectivity index (χ1v) is 4.93. The Hall–Kier alpha value is -2.02. The van der Waals surface area contributed by atoms with Crippen LogP contribution in [0.4, 0.5) is 5.82 Å². The molecule has 0 fully saturated rings. The van der Waals surface area contributed by atoms with Crippen molar-refractivity contribution in [2.45, 2.75) is 0 Å². The number of aromatic nitrogens is 3. The normalized spacial score (nSPS) is 10.1. The molecule has 0 saturated carbocycles. The zero-order chi connectivity index (χ0) is 10.8. The minimum atomic E-state index is -0.697. The molecule has 2 aromatic heterocycles. The van der Waals surface area contributed by atoms with Crippen LogP contribution in [0.5, 0.6) is 0 Å². The summed E-state index contributed by atoms with van der Waals surface area (Å²) in [5.74, 6) is -0.668. The highest BCUT2D eigenvalue weighted by atomic mass is 32.1. The Kier molecular flexibility index (Phi) is 2.30. The molecule has 0 saturated heterocycles. The van der Waals surface area contributed by atoms with E-state index in [1.54, 1.807) is 10.9 Å². The number of carbonyl (C=O) groups is 1. The number of rotatable bonds is 2. The summed E-state index contributed by atoms with van der Waals surface area (Å²) in [6, 6.07) is 0. The lowest BCUT2D eigenvalue weighted by Crippen LogP contribution is -2.17. The molecule has 2 rings (SSSR count). The summed E-state index contributed by atoms with van der Waals surface area (Å²) in [5, 5.41) is 1.80. The van der Waals surface area contributed by atoms with E-state index in [0.717, 1.165) is 0 Å². The third-order valence-corrected chi connectivity index (χ3v) is 2.32. The maximum Gasteiger partial charge on any atom is 0.271 e. The minimum Gasteiger partial charge on any atom is -0.382 e. The third-order valence-electron chi connectivity index (χ3n) is 1.73. The first-order valence-electron chi connectivity index (χ1n) is 3.99. The van der Waals surface area contributed by atoms with Gasteiger partial charge in [0, 0.05) is 5.38 Å². The van der Waals surface area contributed by atoms with E-state index in [9.17, 15) is 4.79 Å². The summed E-state index contributed by atoms with van der Waals surface area (Å²) in [7, 11) is 0. The van der Waals surface area contributed by atoms with E-state index in [2.05, 4.69) is 15.0 Å². The van der Waals surface area contributed by atoms with Crippen LogP contribution in [0.1, 0.15) is 10.5 Å². The Morgan fingerprint density at radius 2 is 2.13 bits per heavy atom. The van der Waals surface area contributed by atoms with Gasteiger partial charge in [0.15, 0.2) is 11.5 Å². The lowest BCUT2D eigenvalue weighted by atomic mass is 10.3. The molecule has 1 amide bonds. The molecule has 4 N–H and O–H groups in total. The molecule has 0 aliphatic heterocycles. The lowest BCUT2D eigenvalue weighted by Gasteiger charge is -2.01. The lowest BCUT2D eigenvalue weighted by molar-refractivity contribution is 0.0996. The van der Waals surface area contributed by atoms with E-state index in [0.29, 0.717) is 11.4 Å². The van der Waals surface area contributed by atoms with Gasteiger partial charge in [-0.1, -0.05) is 0 Å². The standard InChI is InChI=1S/C8H7N5OS/c9-7-6(8(10)14)13-4(1-11-7)5-2-15-3-12-5/h1-3H,(H2,9,11)(H2,10,14).